The van der Waals surface area contributed by atoms with Crippen molar-refractivity contribution < 1.29 is 4.74 Å². The summed E-state index contributed by atoms with van der Waals surface area (Å²) in [5, 5.41) is 0. The zero-order valence-corrected chi connectivity index (χ0v) is 13.2. The Hall–Kier alpha value is -1.13. The summed E-state index contributed by atoms with van der Waals surface area (Å²) in [5.74, 6) is 1.02. The molecule has 1 saturated heterocycles. The Morgan fingerprint density at radius 1 is 1.40 bits per heavy atom. The van der Waals surface area contributed by atoms with Crippen LogP contribution in [0.5, 0.6) is 0 Å². The van der Waals surface area contributed by atoms with E-state index < -0.39 is 0 Å². The highest BCUT2D eigenvalue weighted by Gasteiger charge is 2.16. The molecular formula is C16H19BrN2O. The largest absolute Gasteiger partial charge is 0.378 e. The molecule has 3 nitrogen and oxygen atoms in total. The number of aromatic amines is 1. The predicted octanol–water partition coefficient (Wildman–Crippen LogP) is 4.26. The van der Waals surface area contributed by atoms with Crippen LogP contribution < -0.4 is 0 Å². The van der Waals surface area contributed by atoms with Gasteiger partial charge in [-0.1, -0.05) is 22.0 Å². The number of aryl methyl sites for hydroxylation is 1. The van der Waals surface area contributed by atoms with Crippen LogP contribution in [0.15, 0.2) is 28.9 Å². The van der Waals surface area contributed by atoms with Crippen molar-refractivity contribution in [1.82, 2.24) is 9.97 Å². The van der Waals surface area contributed by atoms with Gasteiger partial charge in [0.05, 0.1) is 18.0 Å². The van der Waals surface area contributed by atoms with Gasteiger partial charge in [-0.25, -0.2) is 4.98 Å². The Bertz CT molecular complexity index is 588. The lowest BCUT2D eigenvalue weighted by molar-refractivity contribution is 0.0157. The average Bonchev–Trinajstić information content (AvgIpc) is 2.88. The molecule has 2 aromatic rings. The molecule has 3 rings (SSSR count). The van der Waals surface area contributed by atoms with E-state index >= 15 is 0 Å². The number of nitrogens with one attached hydrogen (secondary N) is 1. The summed E-state index contributed by atoms with van der Waals surface area (Å²) in [6.07, 6.45) is 6.74. The van der Waals surface area contributed by atoms with Crippen LogP contribution in [-0.4, -0.2) is 22.7 Å². The molecule has 0 radical (unpaired) electrons. The van der Waals surface area contributed by atoms with Crippen LogP contribution in [0.4, 0.5) is 0 Å². The van der Waals surface area contributed by atoms with Crippen LogP contribution in [0.2, 0.25) is 0 Å². The molecule has 0 saturated carbocycles. The van der Waals surface area contributed by atoms with Crippen molar-refractivity contribution in [3.05, 3.63) is 40.3 Å². The molecule has 0 aliphatic carbocycles. The monoisotopic (exact) mass is 334 g/mol. The number of nitrogens with zero attached hydrogens (tertiary/aromatic N) is 1. The average molecular weight is 335 g/mol. The topological polar surface area (TPSA) is 37.9 Å². The van der Waals surface area contributed by atoms with E-state index in [0.717, 1.165) is 35.4 Å². The molecule has 1 N–H and O–H groups in total. The number of imidazole rings is 1. The highest BCUT2D eigenvalue weighted by molar-refractivity contribution is 9.10. The number of benzene rings is 1. The van der Waals surface area contributed by atoms with Crippen LogP contribution in [0.1, 0.15) is 30.7 Å². The van der Waals surface area contributed by atoms with Gasteiger partial charge in [-0.05, 0) is 43.9 Å². The summed E-state index contributed by atoms with van der Waals surface area (Å²) in [4.78, 5) is 7.93. The van der Waals surface area contributed by atoms with E-state index in [-0.39, 0.29) is 0 Å². The second-order valence-electron chi connectivity index (χ2n) is 5.40. The number of H-pyrrole nitrogens is 1. The predicted molar refractivity (Wildman–Crippen MR) is 83.8 cm³/mol. The molecule has 4 heteroatoms. The van der Waals surface area contributed by atoms with E-state index in [4.69, 9.17) is 4.74 Å². The summed E-state index contributed by atoms with van der Waals surface area (Å²) in [6.45, 7) is 3.01. The van der Waals surface area contributed by atoms with Crippen molar-refractivity contribution in [3.63, 3.8) is 0 Å². The van der Waals surface area contributed by atoms with E-state index in [9.17, 15) is 0 Å². The number of halogens is 1. The first-order valence-electron chi connectivity index (χ1n) is 7.14. The molecule has 1 fully saturated rings. The molecule has 0 bridgehead atoms. The minimum absolute atomic E-state index is 0.328. The van der Waals surface area contributed by atoms with Crippen LogP contribution in [-0.2, 0) is 11.2 Å². The fraction of sp³-hybridized carbons (Fsp3) is 0.438. The fourth-order valence-electron chi connectivity index (χ4n) is 2.72. The van der Waals surface area contributed by atoms with Crippen molar-refractivity contribution in [2.45, 2.75) is 38.7 Å². The fourth-order valence-corrected chi connectivity index (χ4v) is 3.19. The number of ether oxygens (including phenoxy) is 1. The van der Waals surface area contributed by atoms with Gasteiger partial charge in [-0.2, -0.15) is 0 Å². The van der Waals surface area contributed by atoms with Gasteiger partial charge in [0.15, 0.2) is 0 Å². The maximum Gasteiger partial charge on any atom is 0.109 e. The van der Waals surface area contributed by atoms with Crippen LogP contribution in [0.25, 0.3) is 11.3 Å². The normalized spacial score (nSPS) is 19.2. The molecule has 1 aliphatic rings. The summed E-state index contributed by atoms with van der Waals surface area (Å²) < 4.78 is 6.88. The minimum atomic E-state index is 0.328. The lowest BCUT2D eigenvalue weighted by atomic mass is 10.1. The maximum atomic E-state index is 5.77. The Labute approximate surface area is 127 Å². The van der Waals surface area contributed by atoms with Gasteiger partial charge < -0.3 is 9.72 Å². The van der Waals surface area contributed by atoms with Crippen molar-refractivity contribution in [2.75, 3.05) is 6.61 Å². The van der Waals surface area contributed by atoms with Crippen LogP contribution in [0.3, 0.4) is 0 Å². The number of hydrogen-bond donors (Lipinski definition) is 1. The van der Waals surface area contributed by atoms with E-state index in [1.54, 1.807) is 0 Å². The summed E-state index contributed by atoms with van der Waals surface area (Å²) in [6, 6.07) is 6.31. The van der Waals surface area contributed by atoms with Gasteiger partial charge in [-0.3, -0.25) is 0 Å². The molecule has 1 aromatic heterocycles. The molecule has 20 heavy (non-hydrogen) atoms. The SMILES string of the molecule is Cc1cc(Br)ccc1-c1cnc(CC2CCCCO2)[nH]1. The Morgan fingerprint density at radius 2 is 2.30 bits per heavy atom. The van der Waals surface area contributed by atoms with Gasteiger partial charge in [-0.15, -0.1) is 0 Å². The van der Waals surface area contributed by atoms with Crippen molar-refractivity contribution >= 4 is 15.9 Å². The molecular weight excluding hydrogens is 316 g/mol. The quantitative estimate of drug-likeness (QED) is 0.910. The lowest BCUT2D eigenvalue weighted by Crippen LogP contribution is -2.21. The van der Waals surface area contributed by atoms with Crippen LogP contribution in [0, 0.1) is 6.92 Å². The third-order valence-corrected chi connectivity index (χ3v) is 4.30. The molecule has 0 spiro atoms. The maximum absolute atomic E-state index is 5.77. The summed E-state index contributed by atoms with van der Waals surface area (Å²) in [5.41, 5.74) is 3.53. The Kier molecular flexibility index (Phi) is 4.22. The zero-order valence-electron chi connectivity index (χ0n) is 11.7. The molecule has 1 aliphatic heterocycles. The summed E-state index contributed by atoms with van der Waals surface area (Å²) >= 11 is 3.50. The minimum Gasteiger partial charge on any atom is -0.378 e. The van der Waals surface area contributed by atoms with E-state index in [2.05, 4.69) is 51.0 Å². The number of aromatic nitrogens is 2. The Balaban J connectivity index is 1.75. The van der Waals surface area contributed by atoms with E-state index in [0.29, 0.717) is 6.10 Å². The lowest BCUT2D eigenvalue weighted by Gasteiger charge is -2.21. The summed E-state index contributed by atoms with van der Waals surface area (Å²) in [7, 11) is 0. The van der Waals surface area contributed by atoms with Crippen molar-refractivity contribution in [3.8, 4) is 11.3 Å². The first-order valence-corrected chi connectivity index (χ1v) is 7.93. The second-order valence-corrected chi connectivity index (χ2v) is 6.31. The molecule has 1 atom stereocenters. The van der Waals surface area contributed by atoms with Crippen molar-refractivity contribution in [1.29, 1.82) is 0 Å². The van der Waals surface area contributed by atoms with E-state index in [1.807, 2.05) is 6.20 Å². The standard InChI is InChI=1S/C16H19BrN2O/c1-11-8-12(17)5-6-14(11)15-10-18-16(19-15)9-13-4-2-3-7-20-13/h5-6,8,10,13H,2-4,7,9H2,1H3,(H,18,19). The molecule has 106 valence electrons. The smallest absolute Gasteiger partial charge is 0.109 e. The second kappa shape index (κ2) is 6.10. The molecule has 0 amide bonds. The Morgan fingerprint density at radius 3 is 3.05 bits per heavy atom. The van der Waals surface area contributed by atoms with E-state index in [1.165, 1.54) is 24.0 Å². The first kappa shape index (κ1) is 13.8. The van der Waals surface area contributed by atoms with Gasteiger partial charge in [0.2, 0.25) is 0 Å². The number of hydrogen-bond acceptors (Lipinski definition) is 2. The highest BCUT2D eigenvalue weighted by Crippen LogP contribution is 2.25. The van der Waals surface area contributed by atoms with Crippen molar-refractivity contribution in [2.24, 2.45) is 0 Å². The molecule has 2 heterocycles. The molecule has 1 aromatic carbocycles. The highest BCUT2D eigenvalue weighted by atomic mass is 79.9. The van der Waals surface area contributed by atoms with Gasteiger partial charge in [0.25, 0.3) is 0 Å². The van der Waals surface area contributed by atoms with Gasteiger partial charge in [0.1, 0.15) is 5.82 Å². The van der Waals surface area contributed by atoms with Crippen LogP contribution >= 0.6 is 15.9 Å². The third-order valence-electron chi connectivity index (χ3n) is 3.80. The first-order chi connectivity index (χ1) is 9.72. The number of rotatable bonds is 3. The van der Waals surface area contributed by atoms with Gasteiger partial charge >= 0.3 is 0 Å². The van der Waals surface area contributed by atoms with Gasteiger partial charge in [0, 0.05) is 23.1 Å². The molecule has 1 unspecified atom stereocenters. The third kappa shape index (κ3) is 3.13. The zero-order chi connectivity index (χ0) is 13.9.